The van der Waals surface area contributed by atoms with E-state index in [0.29, 0.717) is 69.7 Å². The van der Waals surface area contributed by atoms with Crippen LogP contribution in [0.15, 0.2) is 89.7 Å². The van der Waals surface area contributed by atoms with Crippen molar-refractivity contribution in [2.45, 2.75) is 95.4 Å². The number of nitrogens with zero attached hydrogens (tertiary/aromatic N) is 5. The lowest BCUT2D eigenvalue weighted by molar-refractivity contribution is -0.144. The lowest BCUT2D eigenvalue weighted by atomic mass is 9.99. The fourth-order valence-electron chi connectivity index (χ4n) is 8.94. The summed E-state index contributed by atoms with van der Waals surface area (Å²) in [6.07, 6.45) is 3.69. The number of carbonyl (C=O) groups excluding carboxylic acids is 4. The third-order valence-corrected chi connectivity index (χ3v) is 13.7. The molecule has 2 aromatic heterocycles. The molecule has 0 radical (unpaired) electrons. The van der Waals surface area contributed by atoms with Crippen molar-refractivity contribution in [2.24, 2.45) is 0 Å². The van der Waals surface area contributed by atoms with Gasteiger partial charge in [-0.15, -0.1) is 0 Å². The highest BCUT2D eigenvalue weighted by molar-refractivity contribution is 7.88. The van der Waals surface area contributed by atoms with Crippen LogP contribution in [0.1, 0.15) is 120 Å². The van der Waals surface area contributed by atoms with Crippen molar-refractivity contribution in [3.63, 3.8) is 0 Å². The van der Waals surface area contributed by atoms with Crippen molar-refractivity contribution in [1.29, 1.82) is 0 Å². The number of carbonyl (C=O) groups is 4. The maximum absolute atomic E-state index is 15.1. The number of aryl methyl sites for hydroxylation is 2. The molecule has 0 unspecified atom stereocenters. The summed E-state index contributed by atoms with van der Waals surface area (Å²) in [6.45, 7) is 5.78. The van der Waals surface area contributed by atoms with Crippen LogP contribution < -0.4 is 9.74 Å². The van der Waals surface area contributed by atoms with Crippen molar-refractivity contribution in [2.75, 3.05) is 39.4 Å². The van der Waals surface area contributed by atoms with Gasteiger partial charge in [0.15, 0.2) is 0 Å². The Balaban J connectivity index is 0.000000222. The predicted octanol–water partition coefficient (Wildman–Crippen LogP) is 8.87. The van der Waals surface area contributed by atoms with E-state index >= 15 is 4.39 Å². The first-order valence-electron chi connectivity index (χ1n) is 24.6. The molecule has 0 bridgehead atoms. The SMILES string of the molecule is CCOC(=O)CCCCc1nc2cc(C(=O)N3CC[C@@H](c4ccccc4)C3)c(F)cc2[nH]c1=O.CCOC(=O)CCCCc1nc2cc(C(=O)N3CC[C@@H](c4ccccc4)C3)c(F)cc2nc1OS(=O)(=O)C(F)(F)F. The van der Waals surface area contributed by atoms with Gasteiger partial charge in [-0.1, -0.05) is 60.7 Å². The van der Waals surface area contributed by atoms with Gasteiger partial charge in [0.1, 0.15) is 23.0 Å². The highest BCUT2D eigenvalue weighted by Crippen LogP contribution is 2.33. The minimum atomic E-state index is -6.10. The summed E-state index contributed by atoms with van der Waals surface area (Å²) >= 11 is 0. The second-order valence-corrected chi connectivity index (χ2v) is 19.5. The molecule has 22 heteroatoms. The fraction of sp³-hybridized carbons (Fsp3) is 0.396. The van der Waals surface area contributed by atoms with E-state index in [0.717, 1.165) is 30.2 Å². The van der Waals surface area contributed by atoms with Crippen LogP contribution in [0, 0.1) is 11.6 Å². The quantitative estimate of drug-likeness (QED) is 0.0281. The molecule has 0 aliphatic carbocycles. The van der Waals surface area contributed by atoms with Gasteiger partial charge in [0.05, 0.1) is 46.4 Å². The number of likely N-dealkylation sites (tertiary alicyclic amines) is 2. The molecule has 4 heterocycles. The molecule has 2 amide bonds. The summed E-state index contributed by atoms with van der Waals surface area (Å²) in [6, 6.07) is 24.1. The smallest absolute Gasteiger partial charge is 0.466 e. The Labute approximate surface area is 428 Å². The lowest BCUT2D eigenvalue weighted by Crippen LogP contribution is -2.29. The second-order valence-electron chi connectivity index (χ2n) is 18.0. The van der Waals surface area contributed by atoms with Gasteiger partial charge in [0.25, 0.3) is 23.3 Å². The molecule has 0 spiro atoms. The topological polar surface area (TPSA) is 208 Å². The number of hydrogen-bond acceptors (Lipinski definition) is 13. The van der Waals surface area contributed by atoms with Gasteiger partial charge >= 0.3 is 27.6 Å². The van der Waals surface area contributed by atoms with Crippen LogP contribution in [0.25, 0.3) is 22.1 Å². The fourth-order valence-corrected chi connectivity index (χ4v) is 9.37. The van der Waals surface area contributed by atoms with Gasteiger partial charge in [0.2, 0.25) is 0 Å². The Kier molecular flexibility index (Phi) is 18.3. The molecule has 2 saturated heterocycles. The van der Waals surface area contributed by atoms with Gasteiger partial charge in [-0.25, -0.2) is 23.7 Å². The average Bonchev–Trinajstić information content (AvgIpc) is 4.09. The number of esters is 2. The molecular weight excluding hydrogens is 1010 g/mol. The maximum atomic E-state index is 15.1. The number of fused-ring (bicyclic) bond motifs is 2. The van der Waals surface area contributed by atoms with Crippen LogP contribution in [0.3, 0.4) is 0 Å². The Morgan fingerprint density at radius 1 is 0.653 bits per heavy atom. The van der Waals surface area contributed by atoms with E-state index in [1.54, 1.807) is 18.7 Å². The molecule has 2 atom stereocenters. The molecule has 4 aromatic carbocycles. The number of aromatic amines is 1. The average molecular weight is 1060 g/mol. The summed E-state index contributed by atoms with van der Waals surface area (Å²) in [5.41, 5.74) is -3.94. The Morgan fingerprint density at radius 3 is 1.63 bits per heavy atom. The van der Waals surface area contributed by atoms with Gasteiger partial charge in [-0.05, 0) is 88.5 Å². The second kappa shape index (κ2) is 24.8. The standard InChI is InChI=1S/C27H27F4N3O6S.C26H28FN3O4/c1-2-39-24(35)11-7-6-10-21-25(40-41(37,38)27(29,30)31)33-23-15-20(28)19(14-22(23)32-21)26(36)34-13-12-18(16-34)17-8-4-3-5-9-17;1-2-34-24(31)11-7-6-10-21-25(32)29-23-15-20(27)19(14-22(23)28-21)26(33)30-13-12-18(16-30)17-8-4-3-5-9-17/h3-5,8-9,14-15,18H,2,6-7,10-13,16H2,1H3;3-5,8-9,14-15,18H,2,6-7,10-13,16H2,1H3,(H,29,32)/t2*18-/m11/s1. The van der Waals surface area contributed by atoms with Crippen molar-refractivity contribution in [3.8, 4) is 5.88 Å². The number of nitrogens with one attached hydrogen (secondary N) is 1. The molecule has 8 rings (SSSR count). The highest BCUT2D eigenvalue weighted by atomic mass is 32.2. The molecule has 75 heavy (non-hydrogen) atoms. The number of H-pyrrole nitrogens is 1. The van der Waals surface area contributed by atoms with E-state index in [9.17, 15) is 50.0 Å². The maximum Gasteiger partial charge on any atom is 0.534 e. The zero-order valence-electron chi connectivity index (χ0n) is 41.2. The Bertz CT molecular complexity index is 3200. The summed E-state index contributed by atoms with van der Waals surface area (Å²) in [4.78, 5) is 80.0. The number of halogens is 5. The normalized spacial score (nSPS) is 15.7. The van der Waals surface area contributed by atoms with E-state index in [1.807, 2.05) is 60.7 Å². The first-order valence-corrected chi connectivity index (χ1v) is 26.0. The van der Waals surface area contributed by atoms with Crippen molar-refractivity contribution < 1.29 is 63.2 Å². The molecule has 2 fully saturated rings. The van der Waals surface area contributed by atoms with E-state index < -0.39 is 50.6 Å². The van der Waals surface area contributed by atoms with Gasteiger partial charge in [-0.3, -0.25) is 24.0 Å². The number of ether oxygens (including phenoxy) is 2. The molecular formula is C53H55F5N6O10S. The molecule has 6 aromatic rings. The Hall–Kier alpha value is -7.36. The van der Waals surface area contributed by atoms with Crippen molar-refractivity contribution in [3.05, 3.63) is 141 Å². The summed E-state index contributed by atoms with van der Waals surface area (Å²) in [5, 5.41) is 0. The molecule has 398 valence electrons. The molecule has 2 aliphatic rings. The van der Waals surface area contributed by atoms with Gasteiger partial charge < -0.3 is 28.4 Å². The van der Waals surface area contributed by atoms with E-state index in [2.05, 4.69) is 24.1 Å². The van der Waals surface area contributed by atoms with E-state index in [1.165, 1.54) is 16.5 Å². The summed E-state index contributed by atoms with van der Waals surface area (Å²) in [7, 11) is -6.10. The first kappa shape index (κ1) is 55.4. The first-order chi connectivity index (χ1) is 35.8. The van der Waals surface area contributed by atoms with Crippen LogP contribution in [-0.4, -0.2) is 107 Å². The van der Waals surface area contributed by atoms with Crippen LogP contribution in [-0.2, 0) is 42.0 Å². The van der Waals surface area contributed by atoms with Crippen LogP contribution >= 0.6 is 0 Å². The number of hydrogen-bond donors (Lipinski definition) is 1. The van der Waals surface area contributed by atoms with Crippen LogP contribution in [0.2, 0.25) is 0 Å². The number of rotatable bonds is 18. The Morgan fingerprint density at radius 2 is 1.12 bits per heavy atom. The van der Waals surface area contributed by atoms with Gasteiger partial charge in [0, 0.05) is 63.0 Å². The van der Waals surface area contributed by atoms with Gasteiger partial charge in [-0.2, -0.15) is 21.6 Å². The monoisotopic (exact) mass is 1060 g/mol. The number of aromatic nitrogens is 4. The van der Waals surface area contributed by atoms with E-state index in [4.69, 9.17) is 9.47 Å². The third-order valence-electron chi connectivity index (χ3n) is 12.8. The number of alkyl halides is 3. The third kappa shape index (κ3) is 14.1. The predicted molar refractivity (Wildman–Crippen MR) is 265 cm³/mol. The highest BCUT2D eigenvalue weighted by Gasteiger charge is 2.49. The molecule has 16 nitrogen and oxygen atoms in total. The number of amides is 2. The summed E-state index contributed by atoms with van der Waals surface area (Å²) < 4.78 is 106. The molecule has 0 saturated carbocycles. The van der Waals surface area contributed by atoms with Crippen LogP contribution in [0.5, 0.6) is 5.88 Å². The zero-order valence-corrected chi connectivity index (χ0v) is 42.0. The largest absolute Gasteiger partial charge is 0.534 e. The van der Waals surface area contributed by atoms with Crippen LogP contribution in [0.4, 0.5) is 22.0 Å². The molecule has 2 aliphatic heterocycles. The summed E-state index contributed by atoms with van der Waals surface area (Å²) in [5.74, 6) is -4.02. The van der Waals surface area contributed by atoms with E-state index in [-0.39, 0.29) is 95.8 Å². The minimum Gasteiger partial charge on any atom is -0.466 e. The molecule has 1 N–H and O–H groups in total. The lowest BCUT2D eigenvalue weighted by Gasteiger charge is -2.18. The number of unbranched alkanes of at least 4 members (excludes halogenated alkanes) is 2. The number of benzene rings is 4. The van der Waals surface area contributed by atoms with Crippen molar-refractivity contribution >= 4 is 55.9 Å². The van der Waals surface area contributed by atoms with Crippen molar-refractivity contribution in [1.82, 2.24) is 29.7 Å². The zero-order chi connectivity index (χ0) is 53.9. The minimum absolute atomic E-state index is 0.0234.